The van der Waals surface area contributed by atoms with Gasteiger partial charge in [0.15, 0.2) is 11.5 Å². The normalized spacial score (nSPS) is 11.4. The zero-order valence-corrected chi connectivity index (χ0v) is 13.5. The number of nitrogens with one attached hydrogen (secondary N) is 2. The molecule has 2 N–H and O–H groups in total. The Labute approximate surface area is 135 Å². The number of benzene rings is 1. The van der Waals surface area contributed by atoms with E-state index in [0.29, 0.717) is 18.0 Å². The lowest BCUT2D eigenvalue weighted by molar-refractivity contribution is 0.237. The SMILES string of the molecule is COc1cccc(CNC(=O)N[C@H](C)c2ccncc2)c1OC. The van der Waals surface area contributed by atoms with Crippen LogP contribution in [0.5, 0.6) is 11.5 Å². The van der Waals surface area contributed by atoms with Crippen molar-refractivity contribution in [3.63, 3.8) is 0 Å². The first-order chi connectivity index (χ1) is 11.2. The molecule has 1 heterocycles. The van der Waals surface area contributed by atoms with E-state index in [9.17, 15) is 4.79 Å². The quantitative estimate of drug-likeness (QED) is 0.859. The van der Waals surface area contributed by atoms with Crippen LogP contribution in [0.4, 0.5) is 4.79 Å². The van der Waals surface area contributed by atoms with Crippen LogP contribution in [-0.2, 0) is 6.54 Å². The smallest absolute Gasteiger partial charge is 0.315 e. The van der Waals surface area contributed by atoms with E-state index in [1.54, 1.807) is 26.6 Å². The van der Waals surface area contributed by atoms with Crippen LogP contribution in [0, 0.1) is 0 Å². The summed E-state index contributed by atoms with van der Waals surface area (Å²) in [5.74, 6) is 1.26. The predicted molar refractivity (Wildman–Crippen MR) is 87.6 cm³/mol. The number of rotatable bonds is 6. The maximum Gasteiger partial charge on any atom is 0.315 e. The summed E-state index contributed by atoms with van der Waals surface area (Å²) >= 11 is 0. The number of pyridine rings is 1. The molecule has 0 unspecified atom stereocenters. The van der Waals surface area contributed by atoms with E-state index in [0.717, 1.165) is 11.1 Å². The Bertz CT molecular complexity index is 647. The molecule has 23 heavy (non-hydrogen) atoms. The number of hydrogen-bond donors (Lipinski definition) is 2. The van der Waals surface area contributed by atoms with Crippen LogP contribution in [-0.4, -0.2) is 25.2 Å². The Morgan fingerprint density at radius 3 is 2.57 bits per heavy atom. The minimum Gasteiger partial charge on any atom is -0.493 e. The molecule has 1 aromatic heterocycles. The lowest BCUT2D eigenvalue weighted by Crippen LogP contribution is -2.36. The number of hydrogen-bond acceptors (Lipinski definition) is 4. The Morgan fingerprint density at radius 2 is 1.91 bits per heavy atom. The zero-order chi connectivity index (χ0) is 16.7. The lowest BCUT2D eigenvalue weighted by atomic mass is 10.1. The molecule has 0 saturated carbocycles. The van der Waals surface area contributed by atoms with E-state index < -0.39 is 0 Å². The second-order valence-electron chi connectivity index (χ2n) is 4.98. The summed E-state index contributed by atoms with van der Waals surface area (Å²) in [7, 11) is 3.16. The van der Waals surface area contributed by atoms with Crippen molar-refractivity contribution in [3.8, 4) is 11.5 Å². The van der Waals surface area contributed by atoms with Gasteiger partial charge in [-0.3, -0.25) is 4.98 Å². The molecule has 6 heteroatoms. The fraction of sp³-hybridized carbons (Fsp3) is 0.294. The van der Waals surface area contributed by atoms with E-state index in [4.69, 9.17) is 9.47 Å². The van der Waals surface area contributed by atoms with E-state index >= 15 is 0 Å². The monoisotopic (exact) mass is 315 g/mol. The molecule has 0 saturated heterocycles. The number of amides is 2. The first-order valence-electron chi connectivity index (χ1n) is 7.30. The Hall–Kier alpha value is -2.76. The third-order valence-electron chi connectivity index (χ3n) is 3.48. The predicted octanol–water partition coefficient (Wildman–Crippen LogP) is 2.66. The molecule has 1 atom stereocenters. The van der Waals surface area contributed by atoms with E-state index in [1.165, 1.54) is 0 Å². The minimum atomic E-state index is -0.251. The van der Waals surface area contributed by atoms with Crippen LogP contribution in [0.2, 0.25) is 0 Å². The van der Waals surface area contributed by atoms with Gasteiger partial charge in [0.05, 0.1) is 20.3 Å². The van der Waals surface area contributed by atoms with E-state index in [2.05, 4.69) is 15.6 Å². The molecular formula is C17H21N3O3. The van der Waals surface area contributed by atoms with Gasteiger partial charge in [0, 0.05) is 24.5 Å². The summed E-state index contributed by atoms with van der Waals surface area (Å²) < 4.78 is 10.6. The Kier molecular flexibility index (Phi) is 5.80. The summed E-state index contributed by atoms with van der Waals surface area (Å²) in [5, 5.41) is 5.71. The van der Waals surface area contributed by atoms with Gasteiger partial charge in [0.25, 0.3) is 0 Å². The summed E-state index contributed by atoms with van der Waals surface area (Å²) in [6.07, 6.45) is 3.40. The van der Waals surface area contributed by atoms with Gasteiger partial charge in [-0.1, -0.05) is 12.1 Å². The molecule has 0 spiro atoms. The average molecular weight is 315 g/mol. The number of ether oxygens (including phenoxy) is 2. The molecule has 0 bridgehead atoms. The number of carbonyl (C=O) groups is 1. The van der Waals surface area contributed by atoms with Gasteiger partial charge in [-0.2, -0.15) is 0 Å². The Balaban J connectivity index is 1.95. The van der Waals surface area contributed by atoms with Crippen molar-refractivity contribution in [1.82, 2.24) is 15.6 Å². The van der Waals surface area contributed by atoms with Crippen LogP contribution < -0.4 is 20.1 Å². The topological polar surface area (TPSA) is 72.5 Å². The second kappa shape index (κ2) is 8.03. The maximum absolute atomic E-state index is 12.0. The molecule has 0 aliphatic carbocycles. The van der Waals surface area contributed by atoms with Gasteiger partial charge >= 0.3 is 6.03 Å². The molecule has 0 aliphatic heterocycles. The highest BCUT2D eigenvalue weighted by Crippen LogP contribution is 2.30. The minimum absolute atomic E-state index is 0.106. The van der Waals surface area contributed by atoms with Crippen molar-refractivity contribution >= 4 is 6.03 Å². The van der Waals surface area contributed by atoms with Crippen molar-refractivity contribution in [2.24, 2.45) is 0 Å². The summed E-state index contributed by atoms with van der Waals surface area (Å²) in [4.78, 5) is 16.0. The molecule has 0 aliphatic rings. The Morgan fingerprint density at radius 1 is 1.17 bits per heavy atom. The van der Waals surface area contributed by atoms with Crippen molar-refractivity contribution in [2.45, 2.75) is 19.5 Å². The van der Waals surface area contributed by atoms with Crippen LogP contribution in [0.15, 0.2) is 42.7 Å². The fourth-order valence-electron chi connectivity index (χ4n) is 2.25. The summed E-state index contributed by atoms with van der Waals surface area (Å²) in [6.45, 7) is 2.26. The average Bonchev–Trinajstić information content (AvgIpc) is 2.60. The number of nitrogens with zero attached hydrogens (tertiary/aromatic N) is 1. The highest BCUT2D eigenvalue weighted by Gasteiger charge is 2.12. The second-order valence-corrected chi connectivity index (χ2v) is 4.98. The van der Waals surface area contributed by atoms with Gasteiger partial charge in [-0.25, -0.2) is 4.79 Å². The summed E-state index contributed by atoms with van der Waals surface area (Å²) in [6, 6.07) is 8.94. The molecule has 6 nitrogen and oxygen atoms in total. The molecular weight excluding hydrogens is 294 g/mol. The number of methoxy groups -OCH3 is 2. The highest BCUT2D eigenvalue weighted by atomic mass is 16.5. The number of para-hydroxylation sites is 1. The molecule has 1 aromatic carbocycles. The van der Waals surface area contributed by atoms with Gasteiger partial charge in [0.1, 0.15) is 0 Å². The van der Waals surface area contributed by atoms with Crippen LogP contribution in [0.25, 0.3) is 0 Å². The third kappa shape index (κ3) is 4.35. The maximum atomic E-state index is 12.0. The van der Waals surface area contributed by atoms with Crippen LogP contribution in [0.1, 0.15) is 24.1 Å². The van der Waals surface area contributed by atoms with Gasteiger partial charge in [-0.15, -0.1) is 0 Å². The van der Waals surface area contributed by atoms with Crippen molar-refractivity contribution in [3.05, 3.63) is 53.9 Å². The van der Waals surface area contributed by atoms with Crippen molar-refractivity contribution in [1.29, 1.82) is 0 Å². The number of aromatic nitrogens is 1. The number of urea groups is 1. The molecule has 2 rings (SSSR count). The van der Waals surface area contributed by atoms with Crippen LogP contribution >= 0.6 is 0 Å². The molecule has 122 valence electrons. The van der Waals surface area contributed by atoms with E-state index in [1.807, 2.05) is 37.3 Å². The van der Waals surface area contributed by atoms with Crippen molar-refractivity contribution in [2.75, 3.05) is 14.2 Å². The number of carbonyl (C=O) groups excluding carboxylic acids is 1. The molecule has 2 amide bonds. The fourth-order valence-corrected chi connectivity index (χ4v) is 2.25. The molecule has 2 aromatic rings. The first kappa shape index (κ1) is 16.6. The lowest BCUT2D eigenvalue weighted by Gasteiger charge is -2.16. The molecule has 0 radical (unpaired) electrons. The standard InChI is InChI=1S/C17H21N3O3/c1-12(13-7-9-18-10-8-13)20-17(21)19-11-14-5-4-6-15(22-2)16(14)23-3/h4-10,12H,11H2,1-3H3,(H2,19,20,21)/t12-/m1/s1. The van der Waals surface area contributed by atoms with Gasteiger partial charge in [0.2, 0.25) is 0 Å². The van der Waals surface area contributed by atoms with E-state index in [-0.39, 0.29) is 12.1 Å². The van der Waals surface area contributed by atoms with Crippen LogP contribution in [0.3, 0.4) is 0 Å². The highest BCUT2D eigenvalue weighted by molar-refractivity contribution is 5.74. The summed E-state index contributed by atoms with van der Waals surface area (Å²) in [5.41, 5.74) is 1.84. The third-order valence-corrected chi connectivity index (χ3v) is 3.48. The van der Waals surface area contributed by atoms with Crippen molar-refractivity contribution < 1.29 is 14.3 Å². The zero-order valence-electron chi connectivity index (χ0n) is 13.5. The molecule has 0 fully saturated rings. The van der Waals surface area contributed by atoms with Gasteiger partial charge in [-0.05, 0) is 30.7 Å². The largest absolute Gasteiger partial charge is 0.493 e. The first-order valence-corrected chi connectivity index (χ1v) is 7.30. The van der Waals surface area contributed by atoms with Gasteiger partial charge < -0.3 is 20.1 Å².